The SMILES string of the molecule is CC=CC1CCC(C2CC[C@@H](c3ccc(CCCCC)c(F)c3F)CS2)CC1. The van der Waals surface area contributed by atoms with Crippen LogP contribution in [0.15, 0.2) is 24.3 Å². The Morgan fingerprint density at radius 1 is 1.00 bits per heavy atom. The van der Waals surface area contributed by atoms with E-state index in [-0.39, 0.29) is 5.92 Å². The number of hydrogen-bond donors (Lipinski definition) is 0. The van der Waals surface area contributed by atoms with Gasteiger partial charge in [-0.1, -0.05) is 44.1 Å². The van der Waals surface area contributed by atoms with Crippen molar-refractivity contribution in [3.8, 4) is 0 Å². The van der Waals surface area contributed by atoms with Gasteiger partial charge in [-0.15, -0.1) is 0 Å². The van der Waals surface area contributed by atoms with Crippen molar-refractivity contribution in [2.45, 2.75) is 89.2 Å². The van der Waals surface area contributed by atoms with E-state index in [1.165, 1.54) is 25.7 Å². The van der Waals surface area contributed by atoms with E-state index in [4.69, 9.17) is 0 Å². The fourth-order valence-electron chi connectivity index (χ4n) is 5.05. The molecular formula is C25H36F2S. The van der Waals surface area contributed by atoms with E-state index in [0.29, 0.717) is 22.8 Å². The van der Waals surface area contributed by atoms with Crippen molar-refractivity contribution in [3.63, 3.8) is 0 Å². The van der Waals surface area contributed by atoms with Crippen LogP contribution in [0.25, 0.3) is 0 Å². The molecule has 1 aliphatic carbocycles. The van der Waals surface area contributed by atoms with Crippen LogP contribution < -0.4 is 0 Å². The molecule has 3 rings (SSSR count). The third-order valence-corrected chi connectivity index (χ3v) is 8.44. The van der Waals surface area contributed by atoms with Crippen molar-refractivity contribution < 1.29 is 8.78 Å². The third kappa shape index (κ3) is 5.40. The number of rotatable bonds is 7. The van der Waals surface area contributed by atoms with E-state index in [1.807, 2.05) is 23.9 Å². The number of allylic oxidation sites excluding steroid dienone is 2. The third-order valence-electron chi connectivity index (χ3n) is 6.80. The van der Waals surface area contributed by atoms with Gasteiger partial charge in [-0.3, -0.25) is 0 Å². The Morgan fingerprint density at radius 3 is 2.43 bits per heavy atom. The standard InChI is InChI=1S/C25H36F2S/c1-3-5-6-8-20-13-15-22(25(27)24(20)26)21-14-16-23(28-17-21)19-11-9-18(7-4-2)10-12-19/h4,7,13,15,18-19,21,23H,3,5-6,8-12,14,16-17H2,1-2H3/t18?,19?,21-,23?/m1/s1. The van der Waals surface area contributed by atoms with E-state index < -0.39 is 11.6 Å². The van der Waals surface area contributed by atoms with Crippen LogP contribution in [0.5, 0.6) is 0 Å². The molecule has 1 aromatic rings. The molecule has 0 radical (unpaired) electrons. The highest BCUT2D eigenvalue weighted by atomic mass is 32.2. The monoisotopic (exact) mass is 406 g/mol. The summed E-state index contributed by atoms with van der Waals surface area (Å²) in [6.45, 7) is 4.24. The van der Waals surface area contributed by atoms with Crippen LogP contribution in [0.3, 0.4) is 0 Å². The zero-order chi connectivity index (χ0) is 19.9. The Kier molecular flexibility index (Phi) is 8.44. The number of unbranched alkanes of at least 4 members (excludes halogenated alkanes) is 2. The lowest BCUT2D eigenvalue weighted by Gasteiger charge is -2.37. The maximum absolute atomic E-state index is 14.7. The Labute approximate surface area is 174 Å². The number of halogens is 2. The maximum Gasteiger partial charge on any atom is 0.162 e. The van der Waals surface area contributed by atoms with Crippen molar-refractivity contribution in [2.24, 2.45) is 11.8 Å². The van der Waals surface area contributed by atoms with Crippen LogP contribution in [0.1, 0.15) is 88.7 Å². The molecular weight excluding hydrogens is 370 g/mol. The Morgan fingerprint density at radius 2 is 1.79 bits per heavy atom. The number of benzene rings is 1. The summed E-state index contributed by atoms with van der Waals surface area (Å²) in [7, 11) is 0. The largest absolute Gasteiger partial charge is 0.203 e. The van der Waals surface area contributed by atoms with E-state index in [9.17, 15) is 8.78 Å². The molecule has 2 aliphatic rings. The average molecular weight is 407 g/mol. The quantitative estimate of drug-likeness (QED) is 0.326. The Hall–Kier alpha value is -0.830. The smallest absolute Gasteiger partial charge is 0.162 e. The molecule has 1 unspecified atom stereocenters. The van der Waals surface area contributed by atoms with Crippen molar-refractivity contribution in [2.75, 3.05) is 5.75 Å². The highest BCUT2D eigenvalue weighted by Crippen LogP contribution is 2.44. The van der Waals surface area contributed by atoms with Gasteiger partial charge in [0.25, 0.3) is 0 Å². The summed E-state index contributed by atoms with van der Waals surface area (Å²) >= 11 is 2.02. The van der Waals surface area contributed by atoms with Crippen LogP contribution in [-0.4, -0.2) is 11.0 Å². The first-order valence-electron chi connectivity index (χ1n) is 11.3. The van der Waals surface area contributed by atoms with Crippen LogP contribution in [0.4, 0.5) is 8.78 Å². The van der Waals surface area contributed by atoms with Gasteiger partial charge in [0.05, 0.1) is 0 Å². The predicted octanol–water partition coefficient (Wildman–Crippen LogP) is 8.06. The molecule has 28 heavy (non-hydrogen) atoms. The topological polar surface area (TPSA) is 0 Å². The minimum atomic E-state index is -0.594. The van der Waals surface area contributed by atoms with E-state index in [0.717, 1.165) is 49.7 Å². The van der Waals surface area contributed by atoms with Crippen molar-refractivity contribution in [1.82, 2.24) is 0 Å². The number of thioether (sulfide) groups is 1. The summed E-state index contributed by atoms with van der Waals surface area (Å²) in [5.41, 5.74) is 1.16. The predicted molar refractivity (Wildman–Crippen MR) is 118 cm³/mol. The minimum absolute atomic E-state index is 0.166. The van der Waals surface area contributed by atoms with Crippen LogP contribution in [0, 0.1) is 23.5 Å². The van der Waals surface area contributed by atoms with Crippen molar-refractivity contribution in [3.05, 3.63) is 47.0 Å². The molecule has 1 saturated carbocycles. The molecule has 0 amide bonds. The van der Waals surface area contributed by atoms with Gasteiger partial charge in [-0.2, -0.15) is 11.8 Å². The zero-order valence-electron chi connectivity index (χ0n) is 17.6. The zero-order valence-corrected chi connectivity index (χ0v) is 18.4. The summed E-state index contributed by atoms with van der Waals surface area (Å²) in [5.74, 6) is 1.52. The van der Waals surface area contributed by atoms with Gasteiger partial charge in [0.15, 0.2) is 11.6 Å². The molecule has 3 heteroatoms. The summed E-state index contributed by atoms with van der Waals surface area (Å²) in [6.07, 6.45) is 15.7. The van der Waals surface area contributed by atoms with E-state index in [1.54, 1.807) is 0 Å². The number of hydrogen-bond acceptors (Lipinski definition) is 1. The molecule has 0 nitrogen and oxygen atoms in total. The molecule has 1 aromatic carbocycles. The molecule has 0 aromatic heterocycles. The molecule has 0 N–H and O–H groups in total. The van der Waals surface area contributed by atoms with Gasteiger partial charge in [0, 0.05) is 11.0 Å². The molecule has 2 fully saturated rings. The molecule has 0 spiro atoms. The summed E-state index contributed by atoms with van der Waals surface area (Å²) < 4.78 is 29.3. The summed E-state index contributed by atoms with van der Waals surface area (Å²) in [4.78, 5) is 0. The van der Waals surface area contributed by atoms with E-state index in [2.05, 4.69) is 26.0 Å². The Balaban J connectivity index is 1.54. The summed E-state index contributed by atoms with van der Waals surface area (Å²) in [6, 6.07) is 3.70. The molecule has 0 bridgehead atoms. The lowest BCUT2D eigenvalue weighted by Crippen LogP contribution is -2.28. The average Bonchev–Trinajstić information content (AvgIpc) is 2.72. The normalized spacial score (nSPS) is 28.7. The van der Waals surface area contributed by atoms with Gasteiger partial charge >= 0.3 is 0 Å². The molecule has 2 atom stereocenters. The van der Waals surface area contributed by atoms with Gasteiger partial charge in [-0.05, 0) is 87.2 Å². The first kappa shape index (κ1) is 21.9. The molecule has 1 heterocycles. The molecule has 1 aliphatic heterocycles. The molecule has 156 valence electrons. The highest BCUT2D eigenvalue weighted by Gasteiger charge is 2.32. The van der Waals surface area contributed by atoms with E-state index >= 15 is 0 Å². The minimum Gasteiger partial charge on any atom is -0.203 e. The summed E-state index contributed by atoms with van der Waals surface area (Å²) in [5, 5.41) is 0.712. The fourth-order valence-corrected chi connectivity index (χ4v) is 6.72. The lowest BCUT2D eigenvalue weighted by molar-refractivity contribution is 0.291. The van der Waals surface area contributed by atoms with Gasteiger partial charge in [0.1, 0.15) is 0 Å². The second kappa shape index (κ2) is 10.8. The highest BCUT2D eigenvalue weighted by molar-refractivity contribution is 8.00. The van der Waals surface area contributed by atoms with Crippen LogP contribution in [0.2, 0.25) is 0 Å². The van der Waals surface area contributed by atoms with Crippen molar-refractivity contribution in [1.29, 1.82) is 0 Å². The second-order valence-electron chi connectivity index (χ2n) is 8.75. The molecule has 1 saturated heterocycles. The lowest BCUT2D eigenvalue weighted by atomic mass is 9.78. The van der Waals surface area contributed by atoms with Crippen LogP contribution >= 0.6 is 11.8 Å². The maximum atomic E-state index is 14.7. The number of aryl methyl sites for hydroxylation is 1. The first-order chi connectivity index (χ1) is 13.6. The first-order valence-corrected chi connectivity index (χ1v) is 12.4. The van der Waals surface area contributed by atoms with Crippen LogP contribution in [-0.2, 0) is 6.42 Å². The van der Waals surface area contributed by atoms with Gasteiger partial charge < -0.3 is 0 Å². The van der Waals surface area contributed by atoms with Gasteiger partial charge in [-0.25, -0.2) is 8.78 Å². The van der Waals surface area contributed by atoms with Gasteiger partial charge in [0.2, 0.25) is 0 Å². The fraction of sp³-hybridized carbons (Fsp3) is 0.680. The second-order valence-corrected chi connectivity index (χ2v) is 10.0. The van der Waals surface area contributed by atoms with Crippen molar-refractivity contribution >= 4 is 11.8 Å². The Bertz CT molecular complexity index is 638.